The monoisotopic (exact) mass is 508 g/mol. The first kappa shape index (κ1) is 22.7. The second-order valence-corrected chi connectivity index (χ2v) is 9.34. The van der Waals surface area contributed by atoms with Crippen molar-refractivity contribution in [3.8, 4) is 0 Å². The van der Waals surface area contributed by atoms with Gasteiger partial charge in [0.15, 0.2) is 0 Å². The maximum absolute atomic E-state index is 13.5. The molecule has 172 valence electrons. The lowest BCUT2D eigenvalue weighted by Gasteiger charge is -2.33. The number of nitrogens with zero attached hydrogens (tertiary/aromatic N) is 5. The van der Waals surface area contributed by atoms with E-state index in [1.165, 1.54) is 23.3 Å². The van der Waals surface area contributed by atoms with E-state index in [-0.39, 0.29) is 35.1 Å². The molecule has 11 heteroatoms. The third-order valence-corrected chi connectivity index (χ3v) is 6.26. The minimum absolute atomic E-state index is 0.118. The Labute approximate surface area is 194 Å². The molecule has 3 amide bonds. The van der Waals surface area contributed by atoms with E-state index in [9.17, 15) is 14.0 Å². The number of halogens is 2. The quantitative estimate of drug-likeness (QED) is 0.689. The number of anilines is 1. The second-order valence-electron chi connectivity index (χ2n) is 8.49. The molecular formula is C21H26BrFN6O3. The molecule has 0 saturated carbocycles. The summed E-state index contributed by atoms with van der Waals surface area (Å²) in [5.41, 5.74) is 2.50. The van der Waals surface area contributed by atoms with Crippen LogP contribution in [0.1, 0.15) is 28.7 Å². The number of carbonyl (C=O) groups excluding carboxylic acids is 2. The molecule has 0 spiro atoms. The molecule has 3 heterocycles. The van der Waals surface area contributed by atoms with Crippen LogP contribution in [0.5, 0.6) is 0 Å². The number of aromatic nitrogens is 2. The molecule has 2 aliphatic rings. The average molecular weight is 509 g/mol. The zero-order chi connectivity index (χ0) is 23.2. The minimum atomic E-state index is -0.404. The Morgan fingerprint density at radius 3 is 2.84 bits per heavy atom. The number of hydrogen-bond acceptors (Lipinski definition) is 5. The van der Waals surface area contributed by atoms with E-state index in [2.05, 4.69) is 21.2 Å². The average Bonchev–Trinajstić information content (AvgIpc) is 2.99. The van der Waals surface area contributed by atoms with Gasteiger partial charge in [-0.1, -0.05) is 0 Å². The fraction of sp³-hybridized carbons (Fsp3) is 0.476. The Morgan fingerprint density at radius 2 is 2.16 bits per heavy atom. The summed E-state index contributed by atoms with van der Waals surface area (Å²) in [6, 6.07) is 3.86. The fourth-order valence-corrected chi connectivity index (χ4v) is 4.53. The predicted octanol–water partition coefficient (Wildman–Crippen LogP) is 2.71. The van der Waals surface area contributed by atoms with Gasteiger partial charge < -0.3 is 15.1 Å². The molecule has 4 rings (SSSR count). The number of benzene rings is 1. The Kier molecular flexibility index (Phi) is 6.24. The van der Waals surface area contributed by atoms with Crippen LogP contribution in [0, 0.1) is 5.82 Å². The van der Waals surface area contributed by atoms with Crippen LogP contribution in [0.2, 0.25) is 0 Å². The summed E-state index contributed by atoms with van der Waals surface area (Å²) in [7, 11) is 5.49. The van der Waals surface area contributed by atoms with Crippen LogP contribution in [0.4, 0.5) is 14.9 Å². The number of hydrogen-bond donors (Lipinski definition) is 1. The molecule has 2 aliphatic heterocycles. The van der Waals surface area contributed by atoms with E-state index in [0.29, 0.717) is 30.9 Å². The van der Waals surface area contributed by atoms with Crippen LogP contribution < -0.4 is 5.32 Å². The third-order valence-electron chi connectivity index (χ3n) is 5.66. The van der Waals surface area contributed by atoms with Gasteiger partial charge >= 0.3 is 6.03 Å². The number of nitrogens with one attached hydrogen (secondary N) is 1. The van der Waals surface area contributed by atoms with Gasteiger partial charge in [0.2, 0.25) is 0 Å². The summed E-state index contributed by atoms with van der Waals surface area (Å²) in [4.78, 5) is 35.6. The lowest BCUT2D eigenvalue weighted by atomic mass is 9.99. The largest absolute Gasteiger partial charge is 0.322 e. The zero-order valence-electron chi connectivity index (χ0n) is 18.4. The van der Waals surface area contributed by atoms with Crippen LogP contribution in [-0.2, 0) is 24.3 Å². The van der Waals surface area contributed by atoms with Crippen LogP contribution in [-0.4, -0.2) is 76.4 Å². The number of rotatable bonds is 3. The molecule has 1 aromatic carbocycles. The van der Waals surface area contributed by atoms with Crippen LogP contribution >= 0.6 is 15.9 Å². The molecule has 0 bridgehead atoms. The van der Waals surface area contributed by atoms with Gasteiger partial charge in [-0.25, -0.2) is 14.2 Å². The molecular weight excluding hydrogens is 483 g/mol. The number of likely N-dealkylation sites (N-methyl/N-ethyl adjacent to an activating group) is 1. The minimum Gasteiger partial charge on any atom is -0.317 e. The van der Waals surface area contributed by atoms with E-state index in [4.69, 9.17) is 9.94 Å². The molecule has 32 heavy (non-hydrogen) atoms. The van der Waals surface area contributed by atoms with Crippen LogP contribution in [0.3, 0.4) is 0 Å². The van der Waals surface area contributed by atoms with E-state index < -0.39 is 5.82 Å². The normalized spacial score (nSPS) is 20.8. The highest BCUT2D eigenvalue weighted by molar-refractivity contribution is 9.10. The van der Waals surface area contributed by atoms with Crippen molar-refractivity contribution in [3.05, 3.63) is 45.4 Å². The molecule has 1 N–H and O–H groups in total. The van der Waals surface area contributed by atoms with Gasteiger partial charge in [0.25, 0.3) is 5.91 Å². The van der Waals surface area contributed by atoms with Crippen molar-refractivity contribution in [2.24, 2.45) is 0 Å². The van der Waals surface area contributed by atoms with E-state index in [1.807, 2.05) is 25.9 Å². The van der Waals surface area contributed by atoms with Gasteiger partial charge in [-0.3, -0.25) is 14.3 Å². The molecule has 1 aromatic heterocycles. The summed E-state index contributed by atoms with van der Waals surface area (Å²) in [6.45, 7) is 3.28. The molecule has 1 unspecified atom stereocenters. The standard InChI is InChI=1S/C21H26BrFN6O3/c1-12-7-18-15(11-28(12)21(31)24-13-5-6-17(23)16(22)8-13)19-20(30)27(4)32-14(9-26(2)3)10-29(19)25-18/h5-6,8,12,14H,7,9-11H2,1-4H3,(H,24,31)/t12-,14?/m1/s1. The van der Waals surface area contributed by atoms with Crippen molar-refractivity contribution in [2.75, 3.05) is 33.0 Å². The highest BCUT2D eigenvalue weighted by Crippen LogP contribution is 2.29. The van der Waals surface area contributed by atoms with Crippen molar-refractivity contribution >= 4 is 33.6 Å². The molecule has 2 aromatic rings. The smallest absolute Gasteiger partial charge is 0.317 e. The second kappa shape index (κ2) is 8.80. The topological polar surface area (TPSA) is 82.9 Å². The molecule has 9 nitrogen and oxygen atoms in total. The Bertz CT molecular complexity index is 1060. The number of hydroxylamine groups is 2. The van der Waals surface area contributed by atoms with E-state index in [0.717, 1.165) is 11.3 Å². The van der Waals surface area contributed by atoms with Gasteiger partial charge in [0.1, 0.15) is 17.6 Å². The van der Waals surface area contributed by atoms with Crippen molar-refractivity contribution in [1.29, 1.82) is 0 Å². The highest BCUT2D eigenvalue weighted by atomic mass is 79.9. The van der Waals surface area contributed by atoms with Crippen molar-refractivity contribution < 1.29 is 18.8 Å². The van der Waals surface area contributed by atoms with Crippen molar-refractivity contribution in [3.63, 3.8) is 0 Å². The first-order valence-corrected chi connectivity index (χ1v) is 11.1. The Balaban J connectivity index is 1.60. The van der Waals surface area contributed by atoms with E-state index in [1.54, 1.807) is 16.6 Å². The highest BCUT2D eigenvalue weighted by Gasteiger charge is 2.37. The van der Waals surface area contributed by atoms with Crippen molar-refractivity contribution in [2.45, 2.75) is 38.6 Å². The number of urea groups is 1. The Hall–Kier alpha value is -2.50. The first-order chi connectivity index (χ1) is 15.1. The SMILES string of the molecule is C[C@@H]1Cc2nn3c(c2CN1C(=O)Nc1ccc(F)c(Br)c1)C(=O)N(C)OC(CN(C)C)C3. The number of amides is 3. The summed E-state index contributed by atoms with van der Waals surface area (Å²) in [5, 5.41) is 8.78. The Morgan fingerprint density at radius 1 is 1.41 bits per heavy atom. The molecule has 0 fully saturated rings. The van der Waals surface area contributed by atoms with Gasteiger partial charge in [-0.15, -0.1) is 0 Å². The molecule has 0 saturated heterocycles. The van der Waals surface area contributed by atoms with Gasteiger partial charge in [0.05, 0.1) is 23.3 Å². The maximum atomic E-state index is 13.5. The van der Waals surface area contributed by atoms with Gasteiger partial charge in [0, 0.05) is 37.3 Å². The molecule has 0 radical (unpaired) electrons. The van der Waals surface area contributed by atoms with Gasteiger partial charge in [-0.05, 0) is 55.1 Å². The summed E-state index contributed by atoms with van der Waals surface area (Å²) in [6.07, 6.45) is 0.307. The van der Waals surface area contributed by atoms with Crippen LogP contribution in [0.25, 0.3) is 0 Å². The molecule has 2 atom stereocenters. The maximum Gasteiger partial charge on any atom is 0.322 e. The lowest BCUT2D eigenvalue weighted by molar-refractivity contribution is -0.152. The van der Waals surface area contributed by atoms with Crippen molar-refractivity contribution in [1.82, 2.24) is 24.6 Å². The third kappa shape index (κ3) is 4.37. The summed E-state index contributed by atoms with van der Waals surface area (Å²) < 4.78 is 15.5. The lowest BCUT2D eigenvalue weighted by Crippen LogP contribution is -2.45. The summed E-state index contributed by atoms with van der Waals surface area (Å²) >= 11 is 3.13. The first-order valence-electron chi connectivity index (χ1n) is 10.3. The van der Waals surface area contributed by atoms with E-state index >= 15 is 0 Å². The summed E-state index contributed by atoms with van der Waals surface area (Å²) in [5.74, 6) is -0.684. The fourth-order valence-electron chi connectivity index (χ4n) is 4.15. The zero-order valence-corrected chi connectivity index (χ0v) is 20.0. The van der Waals surface area contributed by atoms with Crippen LogP contribution in [0.15, 0.2) is 22.7 Å². The predicted molar refractivity (Wildman–Crippen MR) is 120 cm³/mol. The van der Waals surface area contributed by atoms with Gasteiger partial charge in [-0.2, -0.15) is 5.10 Å². The number of carbonyl (C=O) groups is 2. The number of fused-ring (bicyclic) bond motifs is 3. The molecule has 0 aliphatic carbocycles.